The van der Waals surface area contributed by atoms with Crippen molar-refractivity contribution in [1.82, 2.24) is 0 Å². The van der Waals surface area contributed by atoms with Crippen molar-refractivity contribution in [3.63, 3.8) is 0 Å². The van der Waals surface area contributed by atoms with Crippen LogP contribution in [0.25, 0.3) is 31.3 Å². The first-order valence-corrected chi connectivity index (χ1v) is 43.5. The monoisotopic (exact) mass is 2040 g/mol. The summed E-state index contributed by atoms with van der Waals surface area (Å²) in [4.78, 5) is 37.1. The molecule has 25 atom stereocenters. The smallest absolute Gasteiger partial charge is 0.726 e. The van der Waals surface area contributed by atoms with E-state index in [4.69, 9.17) is 92.5 Å². The van der Waals surface area contributed by atoms with Gasteiger partial charge in [0.1, 0.15) is 116 Å². The molecule has 0 amide bonds. The van der Waals surface area contributed by atoms with Gasteiger partial charge in [0.2, 0.25) is 41.6 Å². The minimum Gasteiger partial charge on any atom is -0.726 e. The number of benzene rings is 6. The predicted octanol–water partition coefficient (Wildman–Crippen LogP) is -19.7. The van der Waals surface area contributed by atoms with Crippen molar-refractivity contribution in [2.24, 2.45) is 15.3 Å². The summed E-state index contributed by atoms with van der Waals surface area (Å²) in [5, 5.41) is 55.1. The largest absolute Gasteiger partial charge is 1.00 e. The van der Waals surface area contributed by atoms with E-state index >= 15 is 0 Å². The van der Waals surface area contributed by atoms with Crippen LogP contribution in [0.3, 0.4) is 0 Å². The summed E-state index contributed by atoms with van der Waals surface area (Å²) in [5.41, 5.74) is 33.2. The number of hydrogen-bond acceptors (Lipinski definition) is 44. The Morgan fingerprint density at radius 2 is 0.619 bits per heavy atom. The zero-order chi connectivity index (χ0) is 90.8. The summed E-state index contributed by atoms with van der Waals surface area (Å²) in [6, 6.07) is 41.1. The third kappa shape index (κ3) is 38.0. The Morgan fingerprint density at radius 3 is 0.933 bits per heavy atom. The molecule has 6 aromatic carbocycles. The van der Waals surface area contributed by atoms with Crippen LogP contribution in [0.5, 0.6) is 0 Å². The molecule has 0 saturated carbocycles. The van der Waals surface area contributed by atoms with Gasteiger partial charge in [-0.05, 0) is 50.0 Å². The van der Waals surface area contributed by atoms with Crippen molar-refractivity contribution < 1.29 is 390 Å². The van der Waals surface area contributed by atoms with Gasteiger partial charge in [-0.15, -0.1) is 4.33 Å². The zero-order valence-electron chi connectivity index (χ0n) is 72.5. The fourth-order valence-electron chi connectivity index (χ4n) is 14.1. The molecular weight excluding hydrogens is 1960 g/mol. The second-order valence-electron chi connectivity index (χ2n) is 27.7. The van der Waals surface area contributed by atoms with Crippen LogP contribution in [0.2, 0.25) is 0 Å². The van der Waals surface area contributed by atoms with Crippen molar-refractivity contribution in [3.8, 4) is 0 Å². The number of azide groups is 3. The molecule has 0 spiro atoms. The maximum Gasteiger partial charge on any atom is 1.00 e. The Hall–Kier alpha value is -1.78. The average molecular weight is 2040 g/mol. The van der Waals surface area contributed by atoms with Crippen LogP contribution in [-0.4, -0.2) is 244 Å². The van der Waals surface area contributed by atoms with Crippen molar-refractivity contribution >= 4 is 65.9 Å². The first kappa shape index (κ1) is 125. The summed E-state index contributed by atoms with van der Waals surface area (Å²) in [6.45, 7) is -7.30. The average Bonchev–Trinajstić information content (AvgIpc) is 0.754. The van der Waals surface area contributed by atoms with Crippen molar-refractivity contribution in [2.45, 2.75) is 193 Å². The number of methoxy groups -OCH3 is 1. The number of carboxylic acid groups (broad SMARTS) is 2. The van der Waals surface area contributed by atoms with Gasteiger partial charge in [-0.3, -0.25) is 26.0 Å². The van der Waals surface area contributed by atoms with E-state index in [1.807, 2.05) is 0 Å². The summed E-state index contributed by atoms with van der Waals surface area (Å²) in [5.74, 6) is -4.66. The van der Waals surface area contributed by atoms with Crippen molar-refractivity contribution in [1.29, 1.82) is 0 Å². The normalized spacial score (nSPS) is 28.5. The molecule has 6 aromatic rings. The molecule has 49 nitrogen and oxygen atoms in total. The predicted molar refractivity (Wildman–Crippen MR) is 405 cm³/mol. The Labute approximate surface area is 926 Å². The standard InChI is InChI=1S/C73H83N9O40S5.7Na/c1-100-69-50(77-80-74)57(103-34-43-24-12-4-13-25-43)54(48(110-69)39-108-125(91,92)93)113-73-66(120-127(97,98)99)60(105-36-45-28-16-6-17-29-45)62(64(118-73)68(85)86)116-71-52(79-82-76)58(119-123-122-121-87)55(49(112-71)40-109-126(94,95)96)114-72-65(106-37-46-30-18-7-19-31-46)59(104-35-44-26-14-5-15-27-44)61(63(117-72)67(83)84)115-70-51(78-81-75)56(102-33-42-22-10-3-11-23-42)53(47(111-70)38-107-124(88,89)90)101-32-41-20-8-2-9-21-41;;;;;;;/h2-31,47-66,69-73,87H,32-40H2,1H3,(H,83,84)(H,85,86)(H,88,89,90)(H,91,92,93)(H,94,95,96)(H,97,98,99);;;;;;;/q;7*+1/p-7/t47?,48?,49?,50?,51?,52?,53-,54-,55-,56+,57+,58+,59-,60+,61+,62+,63?,64?,65?,66?,69+,70-,71-,72+,73+;;;;;;;/m0......./s1. The van der Waals surface area contributed by atoms with Gasteiger partial charge in [-0.25, -0.2) is 33.7 Å². The molecule has 11 rings (SSSR count). The van der Waals surface area contributed by atoms with Crippen LogP contribution < -0.4 is 222 Å². The van der Waals surface area contributed by atoms with E-state index in [0.29, 0.717) is 27.8 Å². The van der Waals surface area contributed by atoms with Gasteiger partial charge in [0.25, 0.3) is 0 Å². The van der Waals surface area contributed by atoms with Gasteiger partial charge in [0.15, 0.2) is 49.9 Å². The Kier molecular flexibility index (Phi) is 57.1. The maximum absolute atomic E-state index is 14.3. The van der Waals surface area contributed by atoms with Crippen LogP contribution in [0.4, 0.5) is 0 Å². The Bertz CT molecular complexity index is 5170. The topological polar surface area (TPSA) is 691 Å². The van der Waals surface area contributed by atoms with Crippen LogP contribution in [0.15, 0.2) is 197 Å². The number of aliphatic carboxylic acids is 2. The van der Waals surface area contributed by atoms with Crippen molar-refractivity contribution in [2.75, 3.05) is 26.9 Å². The molecule has 0 N–H and O–H groups in total. The summed E-state index contributed by atoms with van der Waals surface area (Å²) >= 11 is -0.455. The van der Waals surface area contributed by atoms with E-state index in [1.165, 1.54) is 54.6 Å². The van der Waals surface area contributed by atoms with Crippen LogP contribution in [0, 0.1) is 0 Å². The third-order valence-electron chi connectivity index (χ3n) is 19.5. The summed E-state index contributed by atoms with van der Waals surface area (Å²) in [7, 11) is -22.6. The third-order valence-corrected chi connectivity index (χ3v) is 21.7. The number of carbonyl (C=O) groups is 2. The van der Waals surface area contributed by atoms with E-state index in [-0.39, 0.29) is 226 Å². The van der Waals surface area contributed by atoms with E-state index in [9.17, 15) is 93.5 Å². The molecule has 61 heteroatoms. The fourth-order valence-corrected chi connectivity index (χ4v) is 15.9. The quantitative estimate of drug-likeness (QED) is 0.00327. The molecule has 690 valence electrons. The number of carbonyl (C=O) groups excluding carboxylic acids is 2. The maximum atomic E-state index is 14.3. The molecule has 0 radical (unpaired) electrons. The molecular formula is C73H76N9Na7O40S5. The second-order valence-corrected chi connectivity index (χ2v) is 32.4. The molecule has 10 unspecified atom stereocenters. The Balaban J connectivity index is 0.00000536. The summed E-state index contributed by atoms with van der Waals surface area (Å²) < 4.78 is 283. The van der Waals surface area contributed by atoms with Crippen LogP contribution in [0.1, 0.15) is 33.4 Å². The van der Waals surface area contributed by atoms with Gasteiger partial charge >= 0.3 is 207 Å². The Morgan fingerprint density at radius 1 is 0.351 bits per heavy atom. The van der Waals surface area contributed by atoms with Crippen LogP contribution >= 0.6 is 12.3 Å². The van der Waals surface area contributed by atoms with Gasteiger partial charge in [-0.1, -0.05) is 197 Å². The van der Waals surface area contributed by atoms with Gasteiger partial charge in [0, 0.05) is 21.8 Å². The molecule has 0 aromatic heterocycles. The van der Waals surface area contributed by atoms with E-state index in [1.54, 1.807) is 127 Å². The molecule has 5 aliphatic heterocycles. The van der Waals surface area contributed by atoms with E-state index < -0.39 is 265 Å². The first-order chi connectivity index (χ1) is 60.9. The minimum atomic E-state index is -6.28. The van der Waals surface area contributed by atoms with Crippen LogP contribution in [-0.2, 0) is 197 Å². The molecule has 5 saturated heterocycles. The number of rotatable bonds is 47. The number of ether oxygens (including phenoxy) is 16. The fraction of sp³-hybridized carbons (Fsp3) is 0.479. The minimum absolute atomic E-state index is 0. The number of carboxylic acids is 2. The van der Waals surface area contributed by atoms with Gasteiger partial charge in [0.05, 0.1) is 71.4 Å². The number of nitrogens with zero attached hydrogens (tertiary/aromatic N) is 9. The van der Waals surface area contributed by atoms with E-state index in [0.717, 1.165) is 7.11 Å². The van der Waals surface area contributed by atoms with Gasteiger partial charge in [-0.2, -0.15) is 0 Å². The molecule has 5 aliphatic rings. The summed E-state index contributed by atoms with van der Waals surface area (Å²) in [6.07, 6.45) is -51.0. The van der Waals surface area contributed by atoms with Gasteiger partial charge < -0.3 is 119 Å². The zero-order valence-corrected chi connectivity index (χ0v) is 90.6. The molecule has 0 aliphatic carbocycles. The SMILES string of the molecule is CO[C@@H]1OC(COS(=O)(=O)[O-])[C@H](O[C@@H]2OC(C(=O)[O-])[C@H](O[C@@H]3OC(COS(=O)(=O)[O-])[C@H](O[C@@H]4OC(C(=O)[O-])[C@H](O[C@@H]5OC(COS(=O)(=O)[O-])[C@H](OCc6ccccc6)[C@H](OCc6ccccc6)C5N=[N+]=[N-])[C@H](OCc5ccccc5)C4OCc4ccccc4)[C@H](OSOO[O-])C3N=[N+]=[N-])[C@@H](OCc3ccccc3)C2OS(=O)(=O)[O-])[C@H](OCc2ccccc2)C1N=[N+]=[N-].[Na+].[Na+].[Na+].[Na+].[Na+].[Na+].[Na+]. The van der Waals surface area contributed by atoms with E-state index in [2.05, 4.69) is 43.6 Å². The molecule has 5 fully saturated rings. The molecule has 5 heterocycles. The molecule has 0 bridgehead atoms. The van der Waals surface area contributed by atoms with Crippen molar-refractivity contribution in [3.05, 3.63) is 247 Å². The molecule has 134 heavy (non-hydrogen) atoms. The first-order valence-electron chi connectivity index (χ1n) is 37.5. The number of hydrogen-bond donors (Lipinski definition) is 0. The second kappa shape index (κ2) is 61.5.